The van der Waals surface area contributed by atoms with E-state index < -0.39 is 35.4 Å². The second-order valence-corrected chi connectivity index (χ2v) is 8.97. The monoisotopic (exact) mass is 541 g/mol. The molecule has 2 atom stereocenters. The summed E-state index contributed by atoms with van der Waals surface area (Å²) in [4.78, 5) is 46.7. The lowest BCUT2D eigenvalue weighted by atomic mass is 10.0. The molecule has 0 saturated carbocycles. The van der Waals surface area contributed by atoms with Crippen LogP contribution < -0.4 is 10.6 Å². The number of carboxylic acid groups (broad SMARTS) is 2. The van der Waals surface area contributed by atoms with Crippen molar-refractivity contribution in [1.82, 2.24) is 10.2 Å². The van der Waals surface area contributed by atoms with E-state index in [0.717, 1.165) is 16.5 Å². The molecule has 198 valence electrons. The molecule has 0 spiro atoms. The highest BCUT2D eigenvalue weighted by Gasteiger charge is 2.54. The number of hydrogen-bond donors (Lipinski definition) is 4. The molecule has 2 aromatic rings. The first-order valence-electron chi connectivity index (χ1n) is 10.6. The van der Waals surface area contributed by atoms with Crippen LogP contribution in [0.4, 0.5) is 18.9 Å². The number of aliphatic carboxylic acids is 2. The number of nitrogens with zero attached hydrogens (tertiary/aromatic N) is 1. The number of benzene rings is 2. The first-order valence-corrected chi connectivity index (χ1v) is 11.7. The lowest BCUT2D eigenvalue weighted by Gasteiger charge is -2.49. The molecular formula is C23H22F3N3O7S. The molecule has 2 heterocycles. The first kappa shape index (κ1) is 27.8. The van der Waals surface area contributed by atoms with Gasteiger partial charge in [0.1, 0.15) is 17.1 Å². The molecule has 0 aliphatic carbocycles. The van der Waals surface area contributed by atoms with Crippen molar-refractivity contribution in [2.45, 2.75) is 17.6 Å². The van der Waals surface area contributed by atoms with Crippen LogP contribution in [0.25, 0.3) is 10.8 Å². The van der Waals surface area contributed by atoms with E-state index in [1.807, 2.05) is 42.5 Å². The fourth-order valence-electron chi connectivity index (χ4n) is 3.67. The molecule has 2 aromatic carbocycles. The Bertz CT molecular complexity index is 1250. The summed E-state index contributed by atoms with van der Waals surface area (Å²) < 4.78 is 36.8. The molecule has 14 heteroatoms. The molecule has 1 saturated heterocycles. The van der Waals surface area contributed by atoms with Gasteiger partial charge in [0, 0.05) is 18.6 Å². The smallest absolute Gasteiger partial charge is 0.477 e. The highest BCUT2D eigenvalue weighted by atomic mass is 32.2. The summed E-state index contributed by atoms with van der Waals surface area (Å²) in [6.45, 7) is 0.161. The molecule has 0 radical (unpaired) electrons. The summed E-state index contributed by atoms with van der Waals surface area (Å²) in [6, 6.07) is 13.0. The topological polar surface area (TPSA) is 145 Å². The summed E-state index contributed by atoms with van der Waals surface area (Å²) in [5, 5.41) is 24.2. The number of ether oxygens (including phenoxy) is 1. The van der Waals surface area contributed by atoms with E-state index in [1.54, 1.807) is 0 Å². The van der Waals surface area contributed by atoms with Crippen LogP contribution in [0, 0.1) is 0 Å². The fraction of sp³-hybridized carbons (Fsp3) is 0.304. The van der Waals surface area contributed by atoms with Crippen molar-refractivity contribution in [3.63, 3.8) is 0 Å². The zero-order chi connectivity index (χ0) is 27.3. The summed E-state index contributed by atoms with van der Waals surface area (Å²) in [7, 11) is 1.48. The predicted molar refractivity (Wildman–Crippen MR) is 128 cm³/mol. The van der Waals surface area contributed by atoms with Crippen LogP contribution in [0.3, 0.4) is 0 Å². The van der Waals surface area contributed by atoms with Gasteiger partial charge in [0.25, 0.3) is 5.91 Å². The zero-order valence-electron chi connectivity index (χ0n) is 19.2. The third kappa shape index (κ3) is 6.51. The Balaban J connectivity index is 0.000000479. The van der Waals surface area contributed by atoms with Crippen LogP contribution in [-0.2, 0) is 23.9 Å². The van der Waals surface area contributed by atoms with E-state index in [4.69, 9.17) is 14.6 Å². The number of nitrogens with one attached hydrogen (secondary N) is 2. The average molecular weight is 542 g/mol. The molecule has 10 nitrogen and oxygen atoms in total. The summed E-state index contributed by atoms with van der Waals surface area (Å²) >= 11 is 1.42. The number of methoxy groups -OCH3 is 1. The van der Waals surface area contributed by atoms with Gasteiger partial charge in [-0.25, -0.2) is 9.59 Å². The maximum atomic E-state index is 12.6. The highest BCUT2D eigenvalue weighted by Crippen LogP contribution is 2.40. The van der Waals surface area contributed by atoms with Crippen molar-refractivity contribution in [3.8, 4) is 0 Å². The minimum absolute atomic E-state index is 0.00998. The second kappa shape index (κ2) is 11.5. The molecule has 1 unspecified atom stereocenters. The van der Waals surface area contributed by atoms with Gasteiger partial charge in [0.2, 0.25) is 5.91 Å². The zero-order valence-corrected chi connectivity index (χ0v) is 20.1. The standard InChI is InChI=1S/C21H21N3O5S.C2HF3O2/c1-29-10-14-11-30-20-17(19(26)24(20)18(14)21(27)28)23-16(25)9-22-15-7-6-12-4-2-3-5-13(12)8-15;3-2(4,5)1(6)7/h2-8,17,20,22H,9-11H2,1H3,(H,23,25)(H,27,28);(H,6,7)/t17?,20-;/m0./s1. The molecule has 2 amide bonds. The van der Waals surface area contributed by atoms with Crippen molar-refractivity contribution < 1.29 is 47.3 Å². The van der Waals surface area contributed by atoms with Gasteiger partial charge in [-0.15, -0.1) is 11.8 Å². The number of rotatable bonds is 7. The number of halogens is 3. The lowest BCUT2D eigenvalue weighted by molar-refractivity contribution is -0.192. The number of anilines is 1. The molecule has 2 aliphatic rings. The van der Waals surface area contributed by atoms with Crippen molar-refractivity contribution >= 4 is 52.0 Å². The van der Waals surface area contributed by atoms with Crippen LogP contribution in [0.5, 0.6) is 0 Å². The third-order valence-electron chi connectivity index (χ3n) is 5.33. The van der Waals surface area contributed by atoms with Gasteiger partial charge >= 0.3 is 18.1 Å². The highest BCUT2D eigenvalue weighted by molar-refractivity contribution is 8.00. The van der Waals surface area contributed by atoms with E-state index in [2.05, 4.69) is 10.6 Å². The number of carbonyl (C=O) groups is 4. The van der Waals surface area contributed by atoms with Gasteiger partial charge in [-0.2, -0.15) is 13.2 Å². The van der Waals surface area contributed by atoms with Crippen LogP contribution in [-0.4, -0.2) is 82.5 Å². The van der Waals surface area contributed by atoms with Crippen LogP contribution in [0.15, 0.2) is 53.7 Å². The van der Waals surface area contributed by atoms with Crippen molar-refractivity contribution in [2.24, 2.45) is 0 Å². The van der Waals surface area contributed by atoms with E-state index >= 15 is 0 Å². The Kier molecular flexibility index (Phi) is 8.65. The lowest BCUT2D eigenvalue weighted by Crippen LogP contribution is -2.71. The molecule has 1 fully saturated rings. The van der Waals surface area contributed by atoms with E-state index in [9.17, 15) is 32.7 Å². The average Bonchev–Trinajstić information content (AvgIpc) is 2.85. The Hall–Kier alpha value is -3.78. The largest absolute Gasteiger partial charge is 0.490 e. The predicted octanol–water partition coefficient (Wildman–Crippen LogP) is 2.27. The van der Waals surface area contributed by atoms with Crippen molar-refractivity contribution in [3.05, 3.63) is 53.7 Å². The Labute approximate surface area is 212 Å². The number of alkyl halides is 3. The number of carboxylic acids is 2. The summed E-state index contributed by atoms with van der Waals surface area (Å²) in [5.41, 5.74) is 1.32. The molecule has 2 aliphatic heterocycles. The molecule has 0 aromatic heterocycles. The number of fused-ring (bicyclic) bond motifs is 2. The second-order valence-electron chi connectivity index (χ2n) is 7.86. The van der Waals surface area contributed by atoms with Gasteiger partial charge in [0.15, 0.2) is 0 Å². The van der Waals surface area contributed by atoms with Gasteiger partial charge in [0.05, 0.1) is 13.2 Å². The quantitative estimate of drug-likeness (QED) is 0.388. The Morgan fingerprint density at radius 1 is 1.14 bits per heavy atom. The van der Waals surface area contributed by atoms with E-state index in [1.165, 1.54) is 23.8 Å². The third-order valence-corrected chi connectivity index (χ3v) is 6.67. The van der Waals surface area contributed by atoms with Crippen LogP contribution in [0.1, 0.15) is 0 Å². The summed E-state index contributed by atoms with van der Waals surface area (Å²) in [6.07, 6.45) is -5.08. The summed E-state index contributed by atoms with van der Waals surface area (Å²) in [5.74, 6) is -4.23. The van der Waals surface area contributed by atoms with Crippen molar-refractivity contribution in [1.29, 1.82) is 0 Å². The number of amides is 2. The van der Waals surface area contributed by atoms with E-state index in [-0.39, 0.29) is 24.8 Å². The normalized spacial score (nSPS) is 18.8. The van der Waals surface area contributed by atoms with Gasteiger partial charge < -0.3 is 25.6 Å². The number of carbonyl (C=O) groups excluding carboxylic acids is 2. The van der Waals surface area contributed by atoms with Crippen LogP contribution in [0.2, 0.25) is 0 Å². The molecule has 0 bridgehead atoms. The maximum Gasteiger partial charge on any atom is 0.490 e. The molecular weight excluding hydrogens is 519 g/mol. The Morgan fingerprint density at radius 3 is 2.38 bits per heavy atom. The Morgan fingerprint density at radius 2 is 1.78 bits per heavy atom. The molecule has 37 heavy (non-hydrogen) atoms. The first-order chi connectivity index (χ1) is 17.4. The van der Waals surface area contributed by atoms with Gasteiger partial charge in [-0.05, 0) is 28.5 Å². The molecule has 4 N–H and O–H groups in total. The minimum Gasteiger partial charge on any atom is -0.477 e. The van der Waals surface area contributed by atoms with E-state index in [0.29, 0.717) is 11.3 Å². The SMILES string of the molecule is COCC1=C(C(=O)O)N2C(=O)C(NC(=O)CNc3ccc4ccccc4c3)[C@@H]2SC1.O=C(O)C(F)(F)F. The minimum atomic E-state index is -5.08. The van der Waals surface area contributed by atoms with Crippen LogP contribution >= 0.6 is 11.8 Å². The number of β-lactam (4-membered cyclic amide) rings is 1. The number of thioether (sulfide) groups is 1. The maximum absolute atomic E-state index is 12.6. The van der Waals surface area contributed by atoms with Crippen molar-refractivity contribution in [2.75, 3.05) is 31.3 Å². The molecule has 4 rings (SSSR count). The fourth-order valence-corrected chi connectivity index (χ4v) is 5.00. The van der Waals surface area contributed by atoms with Gasteiger partial charge in [-0.1, -0.05) is 30.3 Å². The number of hydrogen-bond acceptors (Lipinski definition) is 7. The van der Waals surface area contributed by atoms with Gasteiger partial charge in [-0.3, -0.25) is 14.5 Å².